The Balaban J connectivity index is 1.81. The number of rotatable bonds is 7. The summed E-state index contributed by atoms with van der Waals surface area (Å²) in [5.74, 6) is -1.09. The first kappa shape index (κ1) is 20.6. The molecule has 0 amide bonds. The van der Waals surface area contributed by atoms with Gasteiger partial charge in [-0.25, -0.2) is 17.9 Å². The molecule has 0 fully saturated rings. The number of nitrogens with one attached hydrogen (secondary N) is 2. The molecule has 0 unspecified atom stereocenters. The lowest BCUT2D eigenvalue weighted by atomic mass is 10.1. The molecule has 0 radical (unpaired) electrons. The fraction of sp³-hybridized carbons (Fsp3) is 0.200. The van der Waals surface area contributed by atoms with Crippen molar-refractivity contribution in [1.82, 2.24) is 9.71 Å². The predicted octanol–water partition coefficient (Wildman–Crippen LogP) is 2.43. The van der Waals surface area contributed by atoms with Crippen LogP contribution in [0.3, 0.4) is 0 Å². The highest BCUT2D eigenvalue weighted by Gasteiger charge is 2.22. The van der Waals surface area contributed by atoms with Crippen molar-refractivity contribution in [1.29, 1.82) is 0 Å². The van der Waals surface area contributed by atoms with E-state index in [1.165, 1.54) is 26.3 Å². The Morgan fingerprint density at radius 2 is 1.86 bits per heavy atom. The lowest BCUT2D eigenvalue weighted by Gasteiger charge is -2.11. The normalized spacial score (nSPS) is 11.4. The van der Waals surface area contributed by atoms with Gasteiger partial charge in [-0.3, -0.25) is 4.79 Å². The summed E-state index contributed by atoms with van der Waals surface area (Å²) >= 11 is 0. The average Bonchev–Trinajstić information content (AvgIpc) is 3.06. The number of ether oxygens (including phenoxy) is 2. The third-order valence-electron chi connectivity index (χ3n) is 4.46. The molecule has 29 heavy (non-hydrogen) atoms. The molecule has 0 aliphatic rings. The monoisotopic (exact) mass is 416 g/mol. The number of esters is 1. The number of hydrogen-bond acceptors (Lipinski definition) is 6. The second-order valence-electron chi connectivity index (χ2n) is 6.24. The second-order valence-corrected chi connectivity index (χ2v) is 8.10. The van der Waals surface area contributed by atoms with E-state index < -0.39 is 22.6 Å². The van der Waals surface area contributed by atoms with Gasteiger partial charge >= 0.3 is 5.97 Å². The minimum atomic E-state index is -3.85. The fourth-order valence-corrected chi connectivity index (χ4v) is 3.96. The molecule has 0 bridgehead atoms. The van der Waals surface area contributed by atoms with Gasteiger partial charge in [-0.15, -0.1) is 0 Å². The molecule has 3 aromatic rings. The Hall–Kier alpha value is -3.17. The number of aromatic amines is 1. The minimum absolute atomic E-state index is 0.0110. The maximum Gasteiger partial charge on any atom is 0.338 e. The van der Waals surface area contributed by atoms with Gasteiger partial charge in [0.2, 0.25) is 15.8 Å². The molecular weight excluding hydrogens is 396 g/mol. The van der Waals surface area contributed by atoms with Gasteiger partial charge in [-0.1, -0.05) is 18.2 Å². The molecule has 0 atom stereocenters. The van der Waals surface area contributed by atoms with Crippen LogP contribution in [0.15, 0.2) is 47.4 Å². The minimum Gasteiger partial charge on any atom is -0.495 e. The van der Waals surface area contributed by atoms with Gasteiger partial charge in [0, 0.05) is 22.2 Å². The number of benzene rings is 2. The average molecular weight is 416 g/mol. The number of methoxy groups -OCH3 is 1. The topological polar surface area (TPSA) is 115 Å². The van der Waals surface area contributed by atoms with E-state index in [-0.39, 0.29) is 22.0 Å². The Bertz CT molecular complexity index is 1200. The molecular formula is C20H20N2O6S. The summed E-state index contributed by atoms with van der Waals surface area (Å²) in [4.78, 5) is 27.9. The van der Waals surface area contributed by atoms with Crippen molar-refractivity contribution in [2.75, 3.05) is 20.8 Å². The SMILES string of the molecule is CNS(=O)(=O)c1cc(C(=O)OCC(=O)c2c(C)[nH]c3ccccc23)ccc1OC. The first-order valence-corrected chi connectivity index (χ1v) is 10.2. The molecule has 0 spiro atoms. The Kier molecular flexibility index (Phi) is 5.71. The number of hydrogen-bond donors (Lipinski definition) is 2. The third kappa shape index (κ3) is 4.01. The predicted molar refractivity (Wildman–Crippen MR) is 107 cm³/mol. The summed E-state index contributed by atoms with van der Waals surface area (Å²) in [6, 6.07) is 11.2. The summed E-state index contributed by atoms with van der Waals surface area (Å²) in [6.45, 7) is 1.30. The summed E-state index contributed by atoms with van der Waals surface area (Å²) in [7, 11) is -1.27. The number of para-hydroxylation sites is 1. The second kappa shape index (κ2) is 8.06. The number of ketones is 1. The highest BCUT2D eigenvalue weighted by molar-refractivity contribution is 7.89. The van der Waals surface area contributed by atoms with Crippen molar-refractivity contribution in [3.8, 4) is 5.75 Å². The van der Waals surface area contributed by atoms with E-state index in [1.54, 1.807) is 6.92 Å². The zero-order valence-corrected chi connectivity index (χ0v) is 16.9. The number of carbonyl (C=O) groups excluding carboxylic acids is 2. The van der Waals surface area contributed by atoms with E-state index in [1.807, 2.05) is 24.3 Å². The lowest BCUT2D eigenvalue weighted by molar-refractivity contribution is 0.0474. The Morgan fingerprint density at radius 1 is 1.14 bits per heavy atom. The van der Waals surface area contributed by atoms with Crippen molar-refractivity contribution in [2.45, 2.75) is 11.8 Å². The molecule has 3 rings (SSSR count). The van der Waals surface area contributed by atoms with Crippen LogP contribution in [-0.4, -0.2) is 45.9 Å². The third-order valence-corrected chi connectivity index (χ3v) is 5.90. The summed E-state index contributed by atoms with van der Waals surface area (Å²) in [6.07, 6.45) is 0. The van der Waals surface area contributed by atoms with E-state index in [0.717, 1.165) is 17.0 Å². The molecule has 0 aliphatic carbocycles. The van der Waals surface area contributed by atoms with Crippen molar-refractivity contribution in [3.05, 3.63) is 59.3 Å². The molecule has 152 valence electrons. The van der Waals surface area contributed by atoms with Crippen molar-refractivity contribution in [3.63, 3.8) is 0 Å². The van der Waals surface area contributed by atoms with Crippen LogP contribution in [0, 0.1) is 6.92 Å². The van der Waals surface area contributed by atoms with Gasteiger partial charge in [0.1, 0.15) is 10.6 Å². The van der Waals surface area contributed by atoms with Crippen LogP contribution in [0.4, 0.5) is 0 Å². The zero-order valence-electron chi connectivity index (χ0n) is 16.1. The standard InChI is InChI=1S/C20H20N2O6S/c1-12-19(14-6-4-5-7-15(14)22-12)16(23)11-28-20(24)13-8-9-17(27-3)18(10-13)29(25,26)21-2/h4-10,21-22H,11H2,1-3H3. The summed E-state index contributed by atoms with van der Waals surface area (Å²) in [5, 5.41) is 0.748. The lowest BCUT2D eigenvalue weighted by Crippen LogP contribution is -2.20. The number of aryl methyl sites for hydroxylation is 1. The van der Waals surface area contributed by atoms with E-state index >= 15 is 0 Å². The van der Waals surface area contributed by atoms with Gasteiger partial charge in [0.25, 0.3) is 0 Å². The molecule has 2 aromatic carbocycles. The van der Waals surface area contributed by atoms with Crippen LogP contribution in [0.25, 0.3) is 10.9 Å². The first-order valence-electron chi connectivity index (χ1n) is 8.67. The van der Waals surface area contributed by atoms with Crippen molar-refractivity contribution < 1.29 is 27.5 Å². The van der Waals surface area contributed by atoms with E-state index in [0.29, 0.717) is 11.3 Å². The Morgan fingerprint density at radius 3 is 2.55 bits per heavy atom. The van der Waals surface area contributed by atoms with Gasteiger partial charge in [0.15, 0.2) is 6.61 Å². The van der Waals surface area contributed by atoms with Gasteiger partial charge in [-0.2, -0.15) is 0 Å². The molecule has 0 aliphatic heterocycles. The molecule has 1 aromatic heterocycles. The van der Waals surface area contributed by atoms with Crippen LogP contribution in [-0.2, 0) is 14.8 Å². The number of carbonyl (C=O) groups is 2. The van der Waals surface area contributed by atoms with Crippen LogP contribution >= 0.6 is 0 Å². The first-order chi connectivity index (χ1) is 13.8. The molecule has 1 heterocycles. The summed E-state index contributed by atoms with van der Waals surface area (Å²) < 4.78 is 36.6. The highest BCUT2D eigenvalue weighted by Crippen LogP contribution is 2.25. The van der Waals surface area contributed by atoms with Crippen LogP contribution < -0.4 is 9.46 Å². The van der Waals surface area contributed by atoms with E-state index in [4.69, 9.17) is 9.47 Å². The molecule has 9 heteroatoms. The molecule has 8 nitrogen and oxygen atoms in total. The van der Waals surface area contributed by atoms with Crippen molar-refractivity contribution >= 4 is 32.7 Å². The van der Waals surface area contributed by atoms with Gasteiger partial charge in [0.05, 0.1) is 12.7 Å². The fourth-order valence-electron chi connectivity index (χ4n) is 3.05. The van der Waals surface area contributed by atoms with Crippen LogP contribution in [0.5, 0.6) is 5.75 Å². The maximum atomic E-state index is 12.6. The molecule has 2 N–H and O–H groups in total. The van der Waals surface area contributed by atoms with Crippen LogP contribution in [0.1, 0.15) is 26.4 Å². The maximum absolute atomic E-state index is 12.6. The smallest absolute Gasteiger partial charge is 0.338 e. The van der Waals surface area contributed by atoms with Gasteiger partial charge < -0.3 is 14.5 Å². The highest BCUT2D eigenvalue weighted by atomic mass is 32.2. The Labute approximate surface area is 167 Å². The largest absolute Gasteiger partial charge is 0.495 e. The number of Topliss-reactive ketones (excluding diaryl/α,β-unsaturated/α-hetero) is 1. The zero-order chi connectivity index (χ0) is 21.2. The number of aromatic nitrogens is 1. The summed E-state index contributed by atoms with van der Waals surface area (Å²) in [5.41, 5.74) is 1.94. The van der Waals surface area contributed by atoms with Crippen molar-refractivity contribution in [2.24, 2.45) is 0 Å². The molecule has 0 saturated heterocycles. The number of fused-ring (bicyclic) bond motifs is 1. The van der Waals surface area contributed by atoms with Crippen LogP contribution in [0.2, 0.25) is 0 Å². The molecule has 0 saturated carbocycles. The number of sulfonamides is 1. The van der Waals surface area contributed by atoms with E-state index in [2.05, 4.69) is 9.71 Å². The number of H-pyrrole nitrogens is 1. The quantitative estimate of drug-likeness (QED) is 0.452. The van der Waals surface area contributed by atoms with E-state index in [9.17, 15) is 18.0 Å². The van der Waals surface area contributed by atoms with Gasteiger partial charge in [-0.05, 0) is 38.2 Å².